The lowest BCUT2D eigenvalue weighted by molar-refractivity contribution is -0.137. The summed E-state index contributed by atoms with van der Waals surface area (Å²) in [6, 6.07) is 6.73. The molecule has 0 saturated carbocycles. The van der Waals surface area contributed by atoms with Crippen LogP contribution in [0.1, 0.15) is 34.4 Å². The molecule has 1 aromatic heterocycles. The summed E-state index contributed by atoms with van der Waals surface area (Å²) in [7, 11) is 0. The molecule has 33 heavy (non-hydrogen) atoms. The van der Waals surface area contributed by atoms with Gasteiger partial charge in [0.1, 0.15) is 0 Å². The third kappa shape index (κ3) is 5.04. The molecule has 5 rings (SSSR count). The van der Waals surface area contributed by atoms with E-state index in [0.29, 0.717) is 5.91 Å². The average molecular weight is 450 g/mol. The fourth-order valence-corrected chi connectivity index (χ4v) is 5.17. The quantitative estimate of drug-likeness (QED) is 0.714. The Kier molecular flexibility index (Phi) is 6.60. The van der Waals surface area contributed by atoms with Gasteiger partial charge in [-0.2, -0.15) is 0 Å². The molecular formula is C26H35N5O2. The zero-order valence-corrected chi connectivity index (χ0v) is 19.9. The van der Waals surface area contributed by atoms with E-state index in [-0.39, 0.29) is 5.92 Å². The number of hydrogen-bond acceptors (Lipinski definition) is 6. The van der Waals surface area contributed by atoms with Gasteiger partial charge < -0.3 is 14.5 Å². The van der Waals surface area contributed by atoms with Crippen LogP contribution in [0.2, 0.25) is 0 Å². The second kappa shape index (κ2) is 9.77. The molecule has 3 heterocycles. The lowest BCUT2D eigenvalue weighted by atomic mass is 9.86. The van der Waals surface area contributed by atoms with Gasteiger partial charge in [0, 0.05) is 63.6 Å². The van der Waals surface area contributed by atoms with Crippen molar-refractivity contribution >= 4 is 11.9 Å². The van der Waals surface area contributed by atoms with Crippen LogP contribution in [-0.2, 0) is 28.9 Å². The number of carbonyl (C=O) groups excluding carboxylic acids is 1. The number of benzene rings is 1. The van der Waals surface area contributed by atoms with Crippen LogP contribution >= 0.6 is 0 Å². The molecule has 1 amide bonds. The number of aromatic nitrogens is 2. The van der Waals surface area contributed by atoms with Crippen molar-refractivity contribution in [2.75, 3.05) is 57.4 Å². The molecule has 7 nitrogen and oxygen atoms in total. The Morgan fingerprint density at radius 2 is 1.85 bits per heavy atom. The van der Waals surface area contributed by atoms with Crippen molar-refractivity contribution in [3.63, 3.8) is 0 Å². The summed E-state index contributed by atoms with van der Waals surface area (Å²) < 4.78 is 5.43. The van der Waals surface area contributed by atoms with Crippen molar-refractivity contribution in [2.45, 2.75) is 39.7 Å². The van der Waals surface area contributed by atoms with Gasteiger partial charge in [-0.3, -0.25) is 9.69 Å². The molecule has 0 unspecified atom stereocenters. The first-order valence-corrected chi connectivity index (χ1v) is 12.3. The number of anilines is 1. The third-order valence-electron chi connectivity index (χ3n) is 7.44. The molecule has 3 aliphatic rings. The molecule has 7 heteroatoms. The molecule has 176 valence electrons. The Bertz CT molecular complexity index is 996. The van der Waals surface area contributed by atoms with Crippen LogP contribution in [0, 0.1) is 19.8 Å². The molecule has 2 saturated heterocycles. The number of rotatable bonds is 4. The van der Waals surface area contributed by atoms with Crippen LogP contribution in [0.3, 0.4) is 0 Å². The summed E-state index contributed by atoms with van der Waals surface area (Å²) in [4.78, 5) is 29.4. The van der Waals surface area contributed by atoms with E-state index in [1.54, 1.807) is 0 Å². The Morgan fingerprint density at radius 3 is 2.61 bits per heavy atom. The molecule has 2 aliphatic heterocycles. The number of nitrogens with zero attached hydrogens (tertiary/aromatic N) is 5. The van der Waals surface area contributed by atoms with E-state index in [2.05, 4.69) is 51.7 Å². The second-order valence-corrected chi connectivity index (χ2v) is 9.70. The van der Waals surface area contributed by atoms with Crippen molar-refractivity contribution < 1.29 is 9.53 Å². The van der Waals surface area contributed by atoms with Gasteiger partial charge in [-0.25, -0.2) is 9.97 Å². The van der Waals surface area contributed by atoms with Gasteiger partial charge in [0.25, 0.3) is 0 Å². The average Bonchev–Trinajstić information content (AvgIpc) is 2.86. The topological polar surface area (TPSA) is 61.8 Å². The first-order chi connectivity index (χ1) is 16.1. The van der Waals surface area contributed by atoms with Crippen molar-refractivity contribution in [3.8, 4) is 0 Å². The standard InChI is InChI=1S/C26H35N5O2/c1-19-3-4-21(15-20(19)2)18-29-7-9-30(10-8-29)25(32)22-5-6-24-23(16-22)17-27-26(28-24)31-11-13-33-14-12-31/h3-4,15,17,22H,5-14,16,18H2,1-2H3/t22-/m1/s1. The highest BCUT2D eigenvalue weighted by Gasteiger charge is 2.31. The fraction of sp³-hybridized carbons (Fsp3) is 0.577. The number of ether oxygens (including phenoxy) is 1. The number of carbonyl (C=O) groups is 1. The Hall–Kier alpha value is -2.51. The molecule has 0 radical (unpaired) electrons. The molecule has 1 aromatic carbocycles. The normalized spacial score (nSPS) is 21.7. The fourth-order valence-electron chi connectivity index (χ4n) is 5.17. The van der Waals surface area contributed by atoms with E-state index in [0.717, 1.165) is 95.5 Å². The molecule has 1 aliphatic carbocycles. The van der Waals surface area contributed by atoms with Gasteiger partial charge in [-0.05, 0) is 55.4 Å². The summed E-state index contributed by atoms with van der Waals surface area (Å²) >= 11 is 0. The second-order valence-electron chi connectivity index (χ2n) is 9.70. The summed E-state index contributed by atoms with van der Waals surface area (Å²) in [5.41, 5.74) is 6.31. The number of hydrogen-bond donors (Lipinski definition) is 0. The molecule has 2 aromatic rings. The first-order valence-electron chi connectivity index (χ1n) is 12.3. The summed E-state index contributed by atoms with van der Waals surface area (Å²) in [6.45, 7) is 12.0. The highest BCUT2D eigenvalue weighted by Crippen LogP contribution is 2.27. The van der Waals surface area contributed by atoms with E-state index in [1.165, 1.54) is 16.7 Å². The van der Waals surface area contributed by atoms with E-state index in [1.807, 2.05) is 6.20 Å². The van der Waals surface area contributed by atoms with Crippen LogP contribution in [0.4, 0.5) is 5.95 Å². The van der Waals surface area contributed by atoms with Gasteiger partial charge >= 0.3 is 0 Å². The van der Waals surface area contributed by atoms with E-state index in [4.69, 9.17) is 9.72 Å². The molecule has 0 N–H and O–H groups in total. The molecule has 0 bridgehead atoms. The number of fused-ring (bicyclic) bond motifs is 1. The van der Waals surface area contributed by atoms with Crippen LogP contribution in [0.5, 0.6) is 0 Å². The van der Waals surface area contributed by atoms with E-state index >= 15 is 0 Å². The number of aryl methyl sites for hydroxylation is 3. The zero-order chi connectivity index (χ0) is 22.8. The minimum absolute atomic E-state index is 0.0571. The van der Waals surface area contributed by atoms with Crippen LogP contribution in [0.25, 0.3) is 0 Å². The SMILES string of the molecule is Cc1ccc(CN2CCN(C(=O)[C@@H]3CCc4nc(N5CCOCC5)ncc4C3)CC2)cc1C. The van der Waals surface area contributed by atoms with E-state index in [9.17, 15) is 4.79 Å². The number of morpholine rings is 1. The minimum atomic E-state index is 0.0571. The van der Waals surface area contributed by atoms with Crippen LogP contribution in [0.15, 0.2) is 24.4 Å². The lowest BCUT2D eigenvalue weighted by Gasteiger charge is -2.37. The highest BCUT2D eigenvalue weighted by atomic mass is 16.5. The smallest absolute Gasteiger partial charge is 0.226 e. The van der Waals surface area contributed by atoms with Crippen LogP contribution < -0.4 is 4.90 Å². The Labute approximate surface area is 196 Å². The van der Waals surface area contributed by atoms with Crippen molar-refractivity contribution in [1.82, 2.24) is 19.8 Å². The number of amides is 1. The summed E-state index contributed by atoms with van der Waals surface area (Å²) in [6.07, 6.45) is 4.46. The van der Waals surface area contributed by atoms with Crippen LogP contribution in [-0.4, -0.2) is 78.2 Å². The summed E-state index contributed by atoms with van der Waals surface area (Å²) in [5, 5.41) is 0. The van der Waals surface area contributed by atoms with Crippen molar-refractivity contribution in [3.05, 3.63) is 52.3 Å². The van der Waals surface area contributed by atoms with Crippen molar-refractivity contribution in [1.29, 1.82) is 0 Å². The monoisotopic (exact) mass is 449 g/mol. The maximum absolute atomic E-state index is 13.3. The van der Waals surface area contributed by atoms with Gasteiger partial charge in [0.2, 0.25) is 11.9 Å². The summed E-state index contributed by atoms with van der Waals surface area (Å²) in [5.74, 6) is 1.17. The predicted molar refractivity (Wildman–Crippen MR) is 128 cm³/mol. The third-order valence-corrected chi connectivity index (χ3v) is 7.44. The number of piperazine rings is 1. The highest BCUT2D eigenvalue weighted by molar-refractivity contribution is 5.79. The van der Waals surface area contributed by atoms with Gasteiger partial charge in [0.05, 0.1) is 13.2 Å². The zero-order valence-electron chi connectivity index (χ0n) is 19.9. The molecule has 1 atom stereocenters. The molecule has 2 fully saturated rings. The van der Waals surface area contributed by atoms with Gasteiger partial charge in [-0.1, -0.05) is 18.2 Å². The predicted octanol–water partition coefficient (Wildman–Crippen LogP) is 2.38. The molecular weight excluding hydrogens is 414 g/mol. The van der Waals surface area contributed by atoms with Crippen molar-refractivity contribution in [2.24, 2.45) is 5.92 Å². The largest absolute Gasteiger partial charge is 0.378 e. The first kappa shape index (κ1) is 22.3. The maximum Gasteiger partial charge on any atom is 0.226 e. The Balaban J connectivity index is 1.15. The van der Waals surface area contributed by atoms with Gasteiger partial charge in [-0.15, -0.1) is 0 Å². The van der Waals surface area contributed by atoms with Gasteiger partial charge in [0.15, 0.2) is 0 Å². The lowest BCUT2D eigenvalue weighted by Crippen LogP contribution is -2.50. The van der Waals surface area contributed by atoms with E-state index < -0.39 is 0 Å². The molecule has 0 spiro atoms. The maximum atomic E-state index is 13.3. The minimum Gasteiger partial charge on any atom is -0.378 e. The Morgan fingerprint density at radius 1 is 1.06 bits per heavy atom.